The number of aromatic nitrogens is 2. The Morgan fingerprint density at radius 1 is 1.60 bits per heavy atom. The topological polar surface area (TPSA) is 64.3 Å². The lowest BCUT2D eigenvalue weighted by Crippen LogP contribution is -2.43. The first-order valence-corrected chi connectivity index (χ1v) is 5.13. The van der Waals surface area contributed by atoms with E-state index in [0.29, 0.717) is 12.5 Å². The van der Waals surface area contributed by atoms with Crippen LogP contribution in [0.5, 0.6) is 5.88 Å². The second-order valence-corrected chi connectivity index (χ2v) is 4.47. The van der Waals surface area contributed by atoms with Gasteiger partial charge in [0.25, 0.3) is 0 Å². The summed E-state index contributed by atoms with van der Waals surface area (Å²) in [5.41, 5.74) is 0.302. The number of nitrogens with zero attached hydrogens (tertiary/aromatic N) is 2. The van der Waals surface area contributed by atoms with Gasteiger partial charge in [-0.1, -0.05) is 6.42 Å². The average Bonchev–Trinajstić information content (AvgIpc) is 2.57. The number of rotatable bonds is 1. The van der Waals surface area contributed by atoms with Gasteiger partial charge in [-0.15, -0.1) is 0 Å². The number of hydrogen-bond donors (Lipinski definition) is 1. The van der Waals surface area contributed by atoms with E-state index in [0.717, 1.165) is 19.4 Å². The molecule has 1 aliphatic carbocycles. The molecule has 1 aliphatic heterocycles. The monoisotopic (exact) mass is 208 g/mol. The molecule has 15 heavy (non-hydrogen) atoms. The summed E-state index contributed by atoms with van der Waals surface area (Å²) in [6.45, 7) is 1.51. The highest BCUT2D eigenvalue weighted by Gasteiger charge is 2.42. The van der Waals surface area contributed by atoms with Crippen molar-refractivity contribution in [3.05, 3.63) is 11.8 Å². The molecule has 0 aromatic carbocycles. The highest BCUT2D eigenvalue weighted by molar-refractivity contribution is 5.85. The fourth-order valence-electron chi connectivity index (χ4n) is 2.30. The summed E-state index contributed by atoms with van der Waals surface area (Å²) in [5.74, 6) is -0.409. The van der Waals surface area contributed by atoms with Gasteiger partial charge in [-0.2, -0.15) is 5.10 Å². The second-order valence-electron chi connectivity index (χ2n) is 4.47. The number of carbonyl (C=O) groups is 1. The highest BCUT2D eigenvalue weighted by atomic mass is 16.5. The molecule has 3 rings (SSSR count). The molecule has 0 amide bonds. The molecule has 5 nitrogen and oxygen atoms in total. The van der Waals surface area contributed by atoms with E-state index in [1.165, 1.54) is 12.5 Å². The molecule has 0 radical (unpaired) electrons. The molecular formula is C10H12N2O3. The minimum absolute atomic E-state index is 0.0707. The van der Waals surface area contributed by atoms with Crippen molar-refractivity contribution < 1.29 is 14.6 Å². The van der Waals surface area contributed by atoms with E-state index in [1.807, 2.05) is 0 Å². The van der Waals surface area contributed by atoms with Crippen molar-refractivity contribution in [2.24, 2.45) is 5.41 Å². The molecule has 0 bridgehead atoms. The molecule has 1 aromatic heterocycles. The van der Waals surface area contributed by atoms with Crippen LogP contribution in [0.1, 0.15) is 29.8 Å². The Bertz CT molecular complexity index is 420. The Morgan fingerprint density at radius 2 is 2.40 bits per heavy atom. The molecule has 0 unspecified atom stereocenters. The number of hydrogen-bond acceptors (Lipinski definition) is 3. The molecule has 1 fully saturated rings. The van der Waals surface area contributed by atoms with E-state index >= 15 is 0 Å². The first-order chi connectivity index (χ1) is 7.19. The van der Waals surface area contributed by atoms with Gasteiger partial charge in [0, 0.05) is 11.5 Å². The van der Waals surface area contributed by atoms with Crippen LogP contribution in [0.4, 0.5) is 0 Å². The van der Waals surface area contributed by atoms with Gasteiger partial charge in [-0.25, -0.2) is 9.48 Å². The third-order valence-corrected chi connectivity index (χ3v) is 3.39. The Hall–Kier alpha value is -1.52. The predicted octanol–water partition coefficient (Wildman–Crippen LogP) is 1.14. The summed E-state index contributed by atoms with van der Waals surface area (Å²) in [6.07, 6.45) is 3.56. The van der Waals surface area contributed by atoms with Crippen molar-refractivity contribution in [1.82, 2.24) is 9.78 Å². The maximum absolute atomic E-state index is 10.7. The van der Waals surface area contributed by atoms with Crippen LogP contribution in [0.25, 0.3) is 0 Å². The summed E-state index contributed by atoms with van der Waals surface area (Å²) in [5, 5.41) is 12.8. The second kappa shape index (κ2) is 2.74. The first kappa shape index (κ1) is 8.76. The van der Waals surface area contributed by atoms with E-state index in [-0.39, 0.29) is 11.1 Å². The third kappa shape index (κ3) is 1.22. The molecule has 2 aliphatic rings. The van der Waals surface area contributed by atoms with Crippen LogP contribution in [0, 0.1) is 5.41 Å². The minimum Gasteiger partial charge on any atom is -0.477 e. The van der Waals surface area contributed by atoms with E-state index < -0.39 is 5.97 Å². The lowest BCUT2D eigenvalue weighted by atomic mass is 9.69. The maximum Gasteiger partial charge on any atom is 0.356 e. The highest BCUT2D eigenvalue weighted by Crippen LogP contribution is 2.45. The standard InChI is InChI=1S/C10H12N2O3/c13-9(14)7-4-8-12(11-7)5-10(6-15-8)2-1-3-10/h4H,1-3,5-6H2,(H,13,14). The third-order valence-electron chi connectivity index (χ3n) is 3.39. The molecular weight excluding hydrogens is 196 g/mol. The van der Waals surface area contributed by atoms with Crippen molar-refractivity contribution in [2.75, 3.05) is 6.61 Å². The van der Waals surface area contributed by atoms with Crippen molar-refractivity contribution >= 4 is 5.97 Å². The molecule has 80 valence electrons. The molecule has 0 saturated heterocycles. The number of fused-ring (bicyclic) bond motifs is 1. The number of aromatic carboxylic acids is 1. The molecule has 2 heterocycles. The van der Waals surface area contributed by atoms with Gasteiger partial charge in [0.2, 0.25) is 5.88 Å². The van der Waals surface area contributed by atoms with Crippen LogP contribution in [-0.4, -0.2) is 27.5 Å². The van der Waals surface area contributed by atoms with Gasteiger partial charge in [-0.05, 0) is 12.8 Å². The van der Waals surface area contributed by atoms with E-state index in [1.54, 1.807) is 4.68 Å². The molecule has 1 N–H and O–H groups in total. The maximum atomic E-state index is 10.7. The van der Waals surface area contributed by atoms with Gasteiger partial charge in [0.1, 0.15) is 0 Å². The Morgan fingerprint density at radius 3 is 3.00 bits per heavy atom. The van der Waals surface area contributed by atoms with Crippen molar-refractivity contribution in [2.45, 2.75) is 25.8 Å². The summed E-state index contributed by atoms with van der Waals surface area (Å²) < 4.78 is 7.24. The fraction of sp³-hybridized carbons (Fsp3) is 0.600. The normalized spacial score (nSPS) is 21.6. The lowest BCUT2D eigenvalue weighted by molar-refractivity contribution is 0.00180. The van der Waals surface area contributed by atoms with Crippen LogP contribution in [0.15, 0.2) is 6.07 Å². The average molecular weight is 208 g/mol. The Labute approximate surface area is 86.7 Å². The van der Waals surface area contributed by atoms with Crippen LogP contribution in [0.2, 0.25) is 0 Å². The Kier molecular flexibility index (Phi) is 1.60. The largest absolute Gasteiger partial charge is 0.477 e. The Balaban J connectivity index is 1.92. The quantitative estimate of drug-likeness (QED) is 0.751. The van der Waals surface area contributed by atoms with Gasteiger partial charge in [-0.3, -0.25) is 0 Å². The van der Waals surface area contributed by atoms with Crippen LogP contribution in [0.3, 0.4) is 0 Å². The number of carboxylic acids is 1. The van der Waals surface area contributed by atoms with Crippen molar-refractivity contribution in [3.8, 4) is 5.88 Å². The fourth-order valence-corrected chi connectivity index (χ4v) is 2.30. The van der Waals surface area contributed by atoms with E-state index in [9.17, 15) is 4.79 Å². The van der Waals surface area contributed by atoms with Gasteiger partial charge in [0.05, 0.1) is 13.2 Å². The zero-order valence-corrected chi connectivity index (χ0v) is 8.27. The number of carboxylic acid groups (broad SMARTS) is 1. The zero-order chi connectivity index (χ0) is 10.5. The van der Waals surface area contributed by atoms with Crippen molar-refractivity contribution in [3.63, 3.8) is 0 Å². The molecule has 1 spiro atoms. The summed E-state index contributed by atoms with van der Waals surface area (Å²) in [6, 6.07) is 1.49. The van der Waals surface area contributed by atoms with E-state index in [4.69, 9.17) is 9.84 Å². The smallest absolute Gasteiger partial charge is 0.356 e. The summed E-state index contributed by atoms with van der Waals surface area (Å²) in [4.78, 5) is 10.7. The van der Waals surface area contributed by atoms with Crippen LogP contribution < -0.4 is 4.74 Å². The zero-order valence-electron chi connectivity index (χ0n) is 8.27. The van der Waals surface area contributed by atoms with Gasteiger partial charge < -0.3 is 9.84 Å². The van der Waals surface area contributed by atoms with Crippen molar-refractivity contribution in [1.29, 1.82) is 0 Å². The molecule has 0 atom stereocenters. The van der Waals surface area contributed by atoms with Gasteiger partial charge >= 0.3 is 5.97 Å². The lowest BCUT2D eigenvalue weighted by Gasteiger charge is -2.43. The van der Waals surface area contributed by atoms with Gasteiger partial charge in [0.15, 0.2) is 5.69 Å². The molecule has 5 heteroatoms. The first-order valence-electron chi connectivity index (χ1n) is 5.13. The van der Waals surface area contributed by atoms with Crippen LogP contribution in [-0.2, 0) is 6.54 Å². The van der Waals surface area contributed by atoms with Crippen LogP contribution >= 0.6 is 0 Å². The summed E-state index contributed by atoms with van der Waals surface area (Å²) in [7, 11) is 0. The SMILES string of the molecule is O=C(O)c1cc2n(n1)CC1(CCC1)CO2. The summed E-state index contributed by atoms with van der Waals surface area (Å²) >= 11 is 0. The predicted molar refractivity (Wildman–Crippen MR) is 51.0 cm³/mol. The van der Waals surface area contributed by atoms with E-state index in [2.05, 4.69) is 5.10 Å². The molecule has 1 aromatic rings. The minimum atomic E-state index is -0.997. The number of ether oxygens (including phenoxy) is 1. The molecule has 1 saturated carbocycles.